The zero-order chi connectivity index (χ0) is 11.5. The second-order valence-electron chi connectivity index (χ2n) is 4.55. The van der Waals surface area contributed by atoms with Crippen molar-refractivity contribution in [3.05, 3.63) is 0 Å². The van der Waals surface area contributed by atoms with E-state index < -0.39 is 0 Å². The number of hydrogen-bond donors (Lipinski definition) is 0. The molecule has 0 aromatic carbocycles. The summed E-state index contributed by atoms with van der Waals surface area (Å²) in [5, 5.41) is 0. The van der Waals surface area contributed by atoms with Gasteiger partial charge in [-0.15, -0.1) is 0 Å². The van der Waals surface area contributed by atoms with Gasteiger partial charge in [-0.2, -0.15) is 0 Å². The van der Waals surface area contributed by atoms with Crippen molar-refractivity contribution in [2.45, 2.75) is 53.0 Å². The maximum Gasteiger partial charge on any atom is 0.0594 e. The highest BCUT2D eigenvalue weighted by atomic mass is 16.5. The second-order valence-corrected chi connectivity index (χ2v) is 4.55. The number of fused-ring (bicyclic) bond motifs is 1. The normalized spacial score (nSPS) is 41.4. The molecule has 0 unspecified atom stereocenters. The summed E-state index contributed by atoms with van der Waals surface area (Å²) in [5.41, 5.74) is 1.42. The molecule has 2 aliphatic carbocycles. The molecule has 0 aromatic rings. The minimum absolute atomic E-state index is 0.677. The van der Waals surface area contributed by atoms with Crippen molar-refractivity contribution in [1.82, 2.24) is 4.90 Å². The minimum atomic E-state index is 0.677. The first kappa shape index (κ1) is 13.0. The molecular formula is C13H27NO. The van der Waals surface area contributed by atoms with Crippen LogP contribution in [0.5, 0.6) is 0 Å². The van der Waals surface area contributed by atoms with Crippen LogP contribution in [0.3, 0.4) is 0 Å². The highest BCUT2D eigenvalue weighted by Gasteiger charge is 2.82. The summed E-state index contributed by atoms with van der Waals surface area (Å²) < 4.78 is 5.33. The van der Waals surface area contributed by atoms with Gasteiger partial charge in [0.15, 0.2) is 0 Å². The first-order valence-electron chi connectivity index (χ1n) is 6.60. The summed E-state index contributed by atoms with van der Waals surface area (Å²) in [6.45, 7) is 14.7. The van der Waals surface area contributed by atoms with E-state index in [1.165, 1.54) is 25.9 Å². The Morgan fingerprint density at radius 1 is 0.933 bits per heavy atom. The number of rotatable bonds is 1. The smallest absolute Gasteiger partial charge is 0.0594 e. The van der Waals surface area contributed by atoms with Crippen LogP contribution in [0.1, 0.15) is 47.5 Å². The first-order valence-corrected chi connectivity index (χ1v) is 6.60. The summed E-state index contributed by atoms with van der Waals surface area (Å²) in [4.78, 5) is 2.65. The Balaban J connectivity index is 0.000000255. The van der Waals surface area contributed by atoms with E-state index in [-0.39, 0.29) is 0 Å². The lowest BCUT2D eigenvalue weighted by Crippen LogP contribution is -2.41. The lowest BCUT2D eigenvalue weighted by Gasteiger charge is -2.29. The SMILES string of the molecule is CC.CC.CC12CC1(N1CCOCC1)C2. The highest BCUT2D eigenvalue weighted by molar-refractivity contribution is 5.36. The van der Waals surface area contributed by atoms with E-state index in [1.54, 1.807) is 0 Å². The Hall–Kier alpha value is -0.0800. The molecule has 1 aliphatic heterocycles. The van der Waals surface area contributed by atoms with Gasteiger partial charge in [-0.25, -0.2) is 0 Å². The molecule has 3 aliphatic rings. The fourth-order valence-electron chi connectivity index (χ4n) is 2.75. The van der Waals surface area contributed by atoms with Crippen LogP contribution in [0, 0.1) is 5.41 Å². The third-order valence-corrected chi connectivity index (χ3v) is 3.86. The molecule has 0 spiro atoms. The van der Waals surface area contributed by atoms with Gasteiger partial charge in [0.2, 0.25) is 0 Å². The van der Waals surface area contributed by atoms with E-state index >= 15 is 0 Å². The van der Waals surface area contributed by atoms with Crippen LogP contribution in [0.15, 0.2) is 0 Å². The van der Waals surface area contributed by atoms with Crippen molar-refractivity contribution < 1.29 is 4.74 Å². The van der Waals surface area contributed by atoms with E-state index in [0.717, 1.165) is 18.6 Å². The molecule has 3 rings (SSSR count). The zero-order valence-corrected chi connectivity index (χ0v) is 11.1. The third-order valence-electron chi connectivity index (χ3n) is 3.86. The van der Waals surface area contributed by atoms with Crippen molar-refractivity contribution in [3.8, 4) is 0 Å². The maximum absolute atomic E-state index is 5.33. The average Bonchev–Trinajstić information content (AvgIpc) is 3.11. The predicted octanol–water partition coefficient (Wildman–Crippen LogP) is 2.92. The van der Waals surface area contributed by atoms with Gasteiger partial charge < -0.3 is 4.74 Å². The zero-order valence-electron chi connectivity index (χ0n) is 11.1. The molecule has 2 saturated carbocycles. The molecule has 0 bridgehead atoms. The van der Waals surface area contributed by atoms with Crippen LogP contribution < -0.4 is 0 Å². The average molecular weight is 213 g/mol. The molecule has 0 amide bonds. The summed E-state index contributed by atoms with van der Waals surface area (Å²) in [6.07, 6.45) is 2.92. The monoisotopic (exact) mass is 213 g/mol. The van der Waals surface area contributed by atoms with Gasteiger partial charge in [-0.1, -0.05) is 34.6 Å². The highest BCUT2D eigenvalue weighted by Crippen LogP contribution is 2.81. The molecule has 0 N–H and O–H groups in total. The summed E-state index contributed by atoms with van der Waals surface area (Å²) >= 11 is 0. The van der Waals surface area contributed by atoms with Gasteiger partial charge in [0.25, 0.3) is 0 Å². The van der Waals surface area contributed by atoms with Crippen LogP contribution in [-0.4, -0.2) is 36.7 Å². The van der Waals surface area contributed by atoms with Gasteiger partial charge in [0.1, 0.15) is 0 Å². The fourth-order valence-corrected chi connectivity index (χ4v) is 2.75. The number of morpholine rings is 1. The minimum Gasteiger partial charge on any atom is -0.379 e. The van der Waals surface area contributed by atoms with E-state index in [4.69, 9.17) is 4.74 Å². The molecule has 2 nitrogen and oxygen atoms in total. The van der Waals surface area contributed by atoms with Crippen molar-refractivity contribution in [3.63, 3.8) is 0 Å². The third kappa shape index (κ3) is 2.07. The van der Waals surface area contributed by atoms with E-state index in [1.807, 2.05) is 27.7 Å². The number of ether oxygens (including phenoxy) is 1. The quantitative estimate of drug-likeness (QED) is 0.664. The van der Waals surface area contributed by atoms with Crippen LogP contribution in [0.25, 0.3) is 0 Å². The molecule has 15 heavy (non-hydrogen) atoms. The lowest BCUT2D eigenvalue weighted by atomic mass is 10.2. The van der Waals surface area contributed by atoms with E-state index in [0.29, 0.717) is 5.54 Å². The molecule has 1 heterocycles. The molecule has 3 fully saturated rings. The van der Waals surface area contributed by atoms with Crippen LogP contribution >= 0.6 is 0 Å². The second kappa shape index (κ2) is 4.84. The number of nitrogens with zero attached hydrogens (tertiary/aromatic N) is 1. The van der Waals surface area contributed by atoms with Crippen LogP contribution in [0.4, 0.5) is 0 Å². The fraction of sp³-hybridized carbons (Fsp3) is 1.00. The largest absolute Gasteiger partial charge is 0.379 e. The molecule has 0 radical (unpaired) electrons. The van der Waals surface area contributed by atoms with Crippen LogP contribution in [-0.2, 0) is 4.74 Å². The standard InChI is InChI=1S/C9H15NO.2C2H6/c1-8-6-9(8,7-8)10-2-4-11-5-3-10;2*1-2/h2-7H2,1H3;2*1-2H3. The Morgan fingerprint density at radius 3 is 1.67 bits per heavy atom. The Kier molecular flexibility index (Phi) is 4.19. The molecule has 1 saturated heterocycles. The van der Waals surface area contributed by atoms with Gasteiger partial charge in [0.05, 0.1) is 13.2 Å². The van der Waals surface area contributed by atoms with Crippen LogP contribution in [0.2, 0.25) is 0 Å². The lowest BCUT2D eigenvalue weighted by molar-refractivity contribution is 0.0221. The van der Waals surface area contributed by atoms with E-state index in [2.05, 4.69) is 11.8 Å². The summed E-state index contributed by atoms with van der Waals surface area (Å²) in [7, 11) is 0. The van der Waals surface area contributed by atoms with Gasteiger partial charge in [-0.3, -0.25) is 4.90 Å². The summed E-state index contributed by atoms with van der Waals surface area (Å²) in [6, 6.07) is 0. The van der Waals surface area contributed by atoms with Crippen molar-refractivity contribution in [2.75, 3.05) is 26.3 Å². The van der Waals surface area contributed by atoms with E-state index in [9.17, 15) is 0 Å². The Morgan fingerprint density at radius 2 is 1.33 bits per heavy atom. The molecule has 90 valence electrons. The number of hydrogen-bond acceptors (Lipinski definition) is 2. The summed E-state index contributed by atoms with van der Waals surface area (Å²) in [5.74, 6) is 0. The van der Waals surface area contributed by atoms with Crippen molar-refractivity contribution >= 4 is 0 Å². The van der Waals surface area contributed by atoms with Gasteiger partial charge >= 0.3 is 0 Å². The molecule has 0 aromatic heterocycles. The molecule has 0 atom stereocenters. The van der Waals surface area contributed by atoms with Gasteiger partial charge in [-0.05, 0) is 18.3 Å². The molecule has 2 heteroatoms. The van der Waals surface area contributed by atoms with Crippen molar-refractivity contribution in [1.29, 1.82) is 0 Å². The Labute approximate surface area is 95.0 Å². The maximum atomic E-state index is 5.33. The topological polar surface area (TPSA) is 12.5 Å². The Bertz CT molecular complexity index is 191. The predicted molar refractivity (Wildman–Crippen MR) is 65.2 cm³/mol. The molecular weight excluding hydrogens is 186 g/mol. The van der Waals surface area contributed by atoms with Gasteiger partial charge in [0, 0.05) is 18.6 Å². The van der Waals surface area contributed by atoms with Crippen molar-refractivity contribution in [2.24, 2.45) is 5.41 Å². The first-order chi connectivity index (χ1) is 7.27.